The summed E-state index contributed by atoms with van der Waals surface area (Å²) in [5.41, 5.74) is 0. The molecular weight excluding hydrogens is 248 g/mol. The lowest BCUT2D eigenvalue weighted by molar-refractivity contribution is 0.362. The van der Waals surface area contributed by atoms with Crippen LogP contribution in [0.1, 0.15) is 12.7 Å². The van der Waals surface area contributed by atoms with Crippen molar-refractivity contribution in [3.05, 3.63) is 42.7 Å². The zero-order valence-corrected chi connectivity index (χ0v) is 10.9. The third-order valence-electron chi connectivity index (χ3n) is 2.16. The van der Waals surface area contributed by atoms with Gasteiger partial charge in [0.1, 0.15) is 23.9 Å². The molecule has 94 valence electrons. The van der Waals surface area contributed by atoms with Crippen molar-refractivity contribution in [3.63, 3.8) is 0 Å². The highest BCUT2D eigenvalue weighted by Crippen LogP contribution is 2.25. The summed E-state index contributed by atoms with van der Waals surface area (Å²) in [6.07, 6.45) is 2.52. The molecular formula is C13H14N2O2S. The number of hydrogen-bond acceptors (Lipinski definition) is 5. The molecule has 0 unspecified atom stereocenters. The van der Waals surface area contributed by atoms with Crippen molar-refractivity contribution < 1.29 is 9.47 Å². The van der Waals surface area contributed by atoms with Crippen LogP contribution in [0.4, 0.5) is 0 Å². The molecule has 0 saturated heterocycles. The van der Waals surface area contributed by atoms with Gasteiger partial charge in [0, 0.05) is 18.0 Å². The zero-order valence-electron chi connectivity index (χ0n) is 10.1. The minimum atomic E-state index is 0.496. The van der Waals surface area contributed by atoms with Crippen LogP contribution in [0.25, 0.3) is 0 Å². The van der Waals surface area contributed by atoms with Crippen LogP contribution >= 0.6 is 11.5 Å². The third-order valence-corrected chi connectivity index (χ3v) is 2.80. The van der Waals surface area contributed by atoms with Crippen LogP contribution in [0.5, 0.6) is 16.7 Å². The molecule has 0 amide bonds. The number of rotatable bonds is 6. The Hall–Kier alpha value is -1.88. The van der Waals surface area contributed by atoms with E-state index in [1.165, 1.54) is 11.5 Å². The lowest BCUT2D eigenvalue weighted by atomic mass is 10.3. The summed E-state index contributed by atoms with van der Waals surface area (Å²) in [7, 11) is 0. The van der Waals surface area contributed by atoms with Gasteiger partial charge in [-0.25, -0.2) is 0 Å². The van der Waals surface area contributed by atoms with Gasteiger partial charge in [-0.15, -0.1) is 0 Å². The lowest BCUT2D eigenvalue weighted by Crippen LogP contribution is -1.92. The van der Waals surface area contributed by atoms with Crippen molar-refractivity contribution in [1.29, 1.82) is 0 Å². The molecule has 0 fully saturated rings. The normalized spacial score (nSPS) is 10.1. The Morgan fingerprint density at radius 1 is 1.28 bits per heavy atom. The standard InChI is InChI=1S/C13H14N2O2S/c1-3-9-16-10-5-7-11(8-6-10)17-13-14-12(4-2)15-18-13/h3,5-8H,1,4,9H2,2H3. The first-order chi connectivity index (χ1) is 8.81. The van der Waals surface area contributed by atoms with Crippen LogP contribution in [-0.4, -0.2) is 16.0 Å². The average Bonchev–Trinajstić information content (AvgIpc) is 2.86. The van der Waals surface area contributed by atoms with Gasteiger partial charge < -0.3 is 9.47 Å². The minimum Gasteiger partial charge on any atom is -0.490 e. The SMILES string of the molecule is C=CCOc1ccc(Oc2nc(CC)ns2)cc1. The number of aryl methyl sites for hydroxylation is 1. The molecule has 0 N–H and O–H groups in total. The Morgan fingerprint density at radius 2 is 2.00 bits per heavy atom. The molecule has 0 bridgehead atoms. The molecule has 2 rings (SSSR count). The van der Waals surface area contributed by atoms with E-state index >= 15 is 0 Å². The first-order valence-electron chi connectivity index (χ1n) is 5.66. The van der Waals surface area contributed by atoms with Gasteiger partial charge in [-0.2, -0.15) is 9.36 Å². The van der Waals surface area contributed by atoms with Gasteiger partial charge in [0.25, 0.3) is 5.19 Å². The Labute approximate surface area is 110 Å². The van der Waals surface area contributed by atoms with E-state index in [0.29, 0.717) is 11.8 Å². The van der Waals surface area contributed by atoms with E-state index in [9.17, 15) is 0 Å². The van der Waals surface area contributed by atoms with Crippen LogP contribution in [0, 0.1) is 0 Å². The lowest BCUT2D eigenvalue weighted by Gasteiger charge is -2.04. The highest BCUT2D eigenvalue weighted by atomic mass is 32.1. The van der Waals surface area contributed by atoms with Crippen molar-refractivity contribution >= 4 is 11.5 Å². The Kier molecular flexibility index (Phi) is 4.30. The van der Waals surface area contributed by atoms with Crippen molar-refractivity contribution in [2.24, 2.45) is 0 Å². The minimum absolute atomic E-state index is 0.496. The molecule has 2 aromatic rings. The highest BCUT2D eigenvalue weighted by molar-refractivity contribution is 7.07. The highest BCUT2D eigenvalue weighted by Gasteiger charge is 2.04. The maximum Gasteiger partial charge on any atom is 0.298 e. The molecule has 1 aromatic heterocycles. The smallest absolute Gasteiger partial charge is 0.298 e. The number of nitrogens with zero attached hydrogens (tertiary/aromatic N) is 2. The average molecular weight is 262 g/mol. The summed E-state index contributed by atoms with van der Waals surface area (Å²) in [6, 6.07) is 7.37. The van der Waals surface area contributed by atoms with E-state index < -0.39 is 0 Å². The Balaban J connectivity index is 1.99. The van der Waals surface area contributed by atoms with Crippen LogP contribution in [-0.2, 0) is 6.42 Å². The van der Waals surface area contributed by atoms with Crippen molar-refractivity contribution in [2.45, 2.75) is 13.3 Å². The second kappa shape index (κ2) is 6.16. The van der Waals surface area contributed by atoms with Crippen molar-refractivity contribution in [1.82, 2.24) is 9.36 Å². The fraction of sp³-hybridized carbons (Fsp3) is 0.231. The monoisotopic (exact) mass is 262 g/mol. The topological polar surface area (TPSA) is 44.2 Å². The van der Waals surface area contributed by atoms with Crippen LogP contribution in [0.2, 0.25) is 0 Å². The summed E-state index contributed by atoms with van der Waals surface area (Å²) in [5.74, 6) is 2.31. The van der Waals surface area contributed by atoms with Gasteiger partial charge in [-0.1, -0.05) is 19.6 Å². The molecule has 0 aliphatic heterocycles. The van der Waals surface area contributed by atoms with E-state index in [4.69, 9.17) is 9.47 Å². The molecule has 0 radical (unpaired) electrons. The van der Waals surface area contributed by atoms with Gasteiger partial charge in [-0.05, 0) is 24.3 Å². The van der Waals surface area contributed by atoms with Crippen LogP contribution in [0.3, 0.4) is 0 Å². The summed E-state index contributed by atoms with van der Waals surface area (Å²) in [6.45, 7) is 6.10. The summed E-state index contributed by atoms with van der Waals surface area (Å²) in [5, 5.41) is 0.562. The predicted molar refractivity (Wildman–Crippen MR) is 71.5 cm³/mol. The molecule has 18 heavy (non-hydrogen) atoms. The van der Waals surface area contributed by atoms with Gasteiger partial charge in [0.05, 0.1) is 0 Å². The van der Waals surface area contributed by atoms with Gasteiger partial charge in [-0.3, -0.25) is 0 Å². The molecule has 0 saturated carbocycles. The van der Waals surface area contributed by atoms with Crippen LogP contribution in [0.15, 0.2) is 36.9 Å². The second-order valence-corrected chi connectivity index (χ2v) is 4.22. The fourth-order valence-corrected chi connectivity index (χ4v) is 1.92. The van der Waals surface area contributed by atoms with Gasteiger partial charge >= 0.3 is 0 Å². The number of aromatic nitrogens is 2. The quantitative estimate of drug-likeness (QED) is 0.748. The van der Waals surface area contributed by atoms with Gasteiger partial charge in [0.2, 0.25) is 0 Å². The van der Waals surface area contributed by atoms with E-state index in [2.05, 4.69) is 15.9 Å². The first-order valence-corrected chi connectivity index (χ1v) is 6.43. The molecule has 4 nitrogen and oxygen atoms in total. The first kappa shape index (κ1) is 12.6. The Bertz CT molecular complexity index is 508. The largest absolute Gasteiger partial charge is 0.490 e. The van der Waals surface area contributed by atoms with E-state index in [1.54, 1.807) is 6.08 Å². The second-order valence-electron chi connectivity index (χ2n) is 3.50. The molecule has 0 aliphatic rings. The van der Waals surface area contributed by atoms with E-state index in [0.717, 1.165) is 23.7 Å². The third kappa shape index (κ3) is 3.30. The number of benzene rings is 1. The summed E-state index contributed by atoms with van der Waals surface area (Å²) in [4.78, 5) is 4.24. The molecule has 1 aromatic carbocycles. The molecule has 0 atom stereocenters. The predicted octanol–water partition coefficient (Wildman–Crippen LogP) is 3.46. The summed E-state index contributed by atoms with van der Waals surface area (Å²) >= 11 is 1.26. The van der Waals surface area contributed by atoms with Crippen LogP contribution < -0.4 is 9.47 Å². The number of ether oxygens (including phenoxy) is 2. The van der Waals surface area contributed by atoms with E-state index in [1.807, 2.05) is 31.2 Å². The molecule has 0 aliphatic carbocycles. The van der Waals surface area contributed by atoms with Crippen molar-refractivity contribution in [3.8, 4) is 16.7 Å². The maximum atomic E-state index is 5.59. The Morgan fingerprint density at radius 3 is 2.61 bits per heavy atom. The molecule has 0 spiro atoms. The number of hydrogen-bond donors (Lipinski definition) is 0. The van der Waals surface area contributed by atoms with Crippen molar-refractivity contribution in [2.75, 3.05) is 6.61 Å². The maximum absolute atomic E-state index is 5.59. The van der Waals surface area contributed by atoms with E-state index in [-0.39, 0.29) is 0 Å². The van der Waals surface area contributed by atoms with Gasteiger partial charge in [0.15, 0.2) is 0 Å². The zero-order chi connectivity index (χ0) is 12.8. The summed E-state index contributed by atoms with van der Waals surface area (Å²) < 4.78 is 15.1. The fourth-order valence-electron chi connectivity index (χ4n) is 1.28. The molecule has 5 heteroatoms. The molecule has 1 heterocycles.